The Kier molecular flexibility index (Phi) is 3.10. The van der Waals surface area contributed by atoms with E-state index in [0.29, 0.717) is 6.07 Å². The van der Waals surface area contributed by atoms with E-state index in [1.54, 1.807) is 0 Å². The van der Waals surface area contributed by atoms with Crippen molar-refractivity contribution in [1.29, 1.82) is 0 Å². The Morgan fingerprint density at radius 1 is 1.57 bits per heavy atom. The second-order valence-corrected chi connectivity index (χ2v) is 2.91. The van der Waals surface area contributed by atoms with Crippen molar-refractivity contribution in [1.82, 2.24) is 4.98 Å². The van der Waals surface area contributed by atoms with E-state index in [4.69, 9.17) is 11.6 Å². The maximum atomic E-state index is 13.0. The van der Waals surface area contributed by atoms with Crippen LogP contribution in [0.1, 0.15) is 28.2 Å². The van der Waals surface area contributed by atoms with Crippen LogP contribution in [0.4, 0.5) is 13.2 Å². The molecule has 0 radical (unpaired) electrons. The first-order chi connectivity index (χ1) is 6.43. The van der Waals surface area contributed by atoms with Gasteiger partial charge in [0.2, 0.25) is 0 Å². The van der Waals surface area contributed by atoms with E-state index in [1.165, 1.54) is 6.92 Å². The average molecular weight is 224 g/mol. The molecule has 1 heterocycles. The van der Waals surface area contributed by atoms with Crippen molar-refractivity contribution in [3.63, 3.8) is 0 Å². The Balaban J connectivity index is 3.32. The van der Waals surface area contributed by atoms with E-state index in [1.807, 2.05) is 0 Å². The number of aryl methyl sites for hydroxylation is 1. The largest absolute Gasteiger partial charge is 0.274 e. The zero-order valence-corrected chi connectivity index (χ0v) is 7.78. The molecule has 0 unspecified atom stereocenters. The van der Waals surface area contributed by atoms with Crippen molar-refractivity contribution >= 4 is 16.8 Å². The normalized spacial score (nSPS) is 10.7. The maximum Gasteiger partial charge on any atom is 0.270 e. The molecule has 0 fully saturated rings. The molecule has 0 aliphatic rings. The lowest BCUT2D eigenvalue weighted by atomic mass is 10.2. The van der Waals surface area contributed by atoms with Gasteiger partial charge in [-0.1, -0.05) is 0 Å². The number of alkyl halides is 2. The number of halogens is 4. The molecule has 0 N–H and O–H groups in total. The van der Waals surface area contributed by atoms with Crippen molar-refractivity contribution in [2.24, 2.45) is 0 Å². The lowest BCUT2D eigenvalue weighted by molar-refractivity contribution is 0.107. The van der Waals surface area contributed by atoms with Gasteiger partial charge in [0.25, 0.3) is 11.7 Å². The fourth-order valence-corrected chi connectivity index (χ4v) is 1.10. The van der Waals surface area contributed by atoms with Crippen LogP contribution in [-0.4, -0.2) is 10.2 Å². The van der Waals surface area contributed by atoms with Gasteiger partial charge < -0.3 is 0 Å². The lowest BCUT2D eigenvalue weighted by Gasteiger charge is -2.06. The summed E-state index contributed by atoms with van der Waals surface area (Å²) in [4.78, 5) is 14.0. The van der Waals surface area contributed by atoms with Crippen molar-refractivity contribution < 1.29 is 18.0 Å². The summed E-state index contributed by atoms with van der Waals surface area (Å²) >= 11 is 5.02. The Morgan fingerprint density at radius 2 is 2.14 bits per heavy atom. The minimum Gasteiger partial charge on any atom is -0.274 e. The van der Waals surface area contributed by atoms with Crippen LogP contribution in [-0.2, 0) is 0 Å². The predicted molar refractivity (Wildman–Crippen MR) is 44.1 cm³/mol. The molecular weight excluding hydrogens is 219 g/mol. The standard InChI is InChI=1S/C8H5ClF3NO/c1-3-6(8(11)12)4(10)2-5(13-3)7(9)14/h2,8H,1H3. The third kappa shape index (κ3) is 2.04. The van der Waals surface area contributed by atoms with Crippen LogP contribution in [0, 0.1) is 12.7 Å². The second-order valence-electron chi connectivity index (χ2n) is 2.56. The van der Waals surface area contributed by atoms with Crippen molar-refractivity contribution in [3.05, 3.63) is 28.8 Å². The fraction of sp³-hybridized carbons (Fsp3) is 0.250. The van der Waals surface area contributed by atoms with E-state index in [9.17, 15) is 18.0 Å². The topological polar surface area (TPSA) is 30.0 Å². The molecule has 0 amide bonds. The summed E-state index contributed by atoms with van der Waals surface area (Å²) in [6.45, 7) is 1.19. The number of rotatable bonds is 2. The number of pyridine rings is 1. The molecule has 0 atom stereocenters. The van der Waals surface area contributed by atoms with Crippen LogP contribution in [0.2, 0.25) is 0 Å². The number of carbonyl (C=O) groups is 1. The SMILES string of the molecule is Cc1nc(C(=O)Cl)cc(F)c1C(F)F. The van der Waals surface area contributed by atoms with Gasteiger partial charge in [0.15, 0.2) is 0 Å². The van der Waals surface area contributed by atoms with Gasteiger partial charge in [-0.3, -0.25) is 4.79 Å². The van der Waals surface area contributed by atoms with Crippen molar-refractivity contribution in [2.75, 3.05) is 0 Å². The molecule has 1 rings (SSSR count). The van der Waals surface area contributed by atoms with Gasteiger partial charge >= 0.3 is 0 Å². The predicted octanol–water partition coefficient (Wildman–Crippen LogP) is 2.85. The third-order valence-electron chi connectivity index (χ3n) is 1.62. The van der Waals surface area contributed by atoms with Gasteiger partial charge in [0, 0.05) is 6.07 Å². The minimum absolute atomic E-state index is 0.232. The molecule has 0 saturated carbocycles. The van der Waals surface area contributed by atoms with Crippen LogP contribution in [0.5, 0.6) is 0 Å². The lowest BCUT2D eigenvalue weighted by Crippen LogP contribution is -2.04. The van der Waals surface area contributed by atoms with Gasteiger partial charge in [0.1, 0.15) is 11.5 Å². The van der Waals surface area contributed by atoms with Gasteiger partial charge in [-0.15, -0.1) is 0 Å². The molecule has 14 heavy (non-hydrogen) atoms. The number of hydrogen-bond donors (Lipinski definition) is 0. The van der Waals surface area contributed by atoms with Crippen LogP contribution in [0.3, 0.4) is 0 Å². The van der Waals surface area contributed by atoms with E-state index in [2.05, 4.69) is 4.98 Å². The maximum absolute atomic E-state index is 13.0. The number of hydrogen-bond acceptors (Lipinski definition) is 2. The number of nitrogens with zero attached hydrogens (tertiary/aromatic N) is 1. The Labute approximate surface area is 82.7 Å². The van der Waals surface area contributed by atoms with Crippen LogP contribution >= 0.6 is 11.6 Å². The Bertz CT molecular complexity index is 358. The average Bonchev–Trinajstić information content (AvgIpc) is 2.01. The first-order valence-corrected chi connectivity index (χ1v) is 3.96. The zero-order valence-electron chi connectivity index (χ0n) is 7.02. The Hall–Kier alpha value is -1.10. The van der Waals surface area contributed by atoms with Gasteiger partial charge in [-0.05, 0) is 18.5 Å². The highest BCUT2D eigenvalue weighted by Crippen LogP contribution is 2.25. The van der Waals surface area contributed by atoms with Crippen LogP contribution < -0.4 is 0 Å². The summed E-state index contributed by atoms with van der Waals surface area (Å²) in [5.41, 5.74) is -1.40. The first-order valence-electron chi connectivity index (χ1n) is 3.58. The molecule has 0 aliphatic carbocycles. The molecule has 76 valence electrons. The van der Waals surface area contributed by atoms with E-state index in [-0.39, 0.29) is 11.4 Å². The van der Waals surface area contributed by atoms with Crippen molar-refractivity contribution in [2.45, 2.75) is 13.3 Å². The summed E-state index contributed by atoms with van der Waals surface area (Å²) in [6.07, 6.45) is -2.96. The summed E-state index contributed by atoms with van der Waals surface area (Å²) < 4.78 is 37.4. The van der Waals surface area contributed by atoms with Crippen LogP contribution in [0.15, 0.2) is 6.07 Å². The number of aromatic nitrogens is 1. The molecule has 6 heteroatoms. The third-order valence-corrected chi connectivity index (χ3v) is 1.81. The highest BCUT2D eigenvalue weighted by Gasteiger charge is 2.19. The van der Waals surface area contributed by atoms with Gasteiger partial charge in [-0.25, -0.2) is 18.2 Å². The molecule has 0 aliphatic heterocycles. The second kappa shape index (κ2) is 3.96. The van der Waals surface area contributed by atoms with Gasteiger partial charge in [-0.2, -0.15) is 0 Å². The molecule has 1 aromatic rings. The summed E-state index contributed by atoms with van der Waals surface area (Å²) in [7, 11) is 0. The first kappa shape index (κ1) is 11.0. The van der Waals surface area contributed by atoms with Crippen molar-refractivity contribution in [3.8, 4) is 0 Å². The van der Waals surface area contributed by atoms with Gasteiger partial charge in [0.05, 0.1) is 11.3 Å². The molecule has 0 spiro atoms. The zero-order chi connectivity index (χ0) is 10.9. The summed E-state index contributed by atoms with van der Waals surface area (Å²) in [5, 5.41) is -0.979. The van der Waals surface area contributed by atoms with E-state index in [0.717, 1.165) is 0 Å². The summed E-state index contributed by atoms with van der Waals surface area (Å²) in [5.74, 6) is -1.17. The van der Waals surface area contributed by atoms with Crippen LogP contribution in [0.25, 0.3) is 0 Å². The molecule has 2 nitrogen and oxygen atoms in total. The smallest absolute Gasteiger partial charge is 0.270 e. The minimum atomic E-state index is -2.96. The van der Waals surface area contributed by atoms with E-state index < -0.39 is 23.0 Å². The number of carbonyl (C=O) groups excluding carboxylic acids is 1. The molecule has 0 bridgehead atoms. The summed E-state index contributed by atoms with van der Waals surface area (Å²) in [6, 6.07) is 0.601. The molecular formula is C8H5ClF3NO. The molecule has 1 aromatic heterocycles. The quantitative estimate of drug-likeness (QED) is 0.722. The Morgan fingerprint density at radius 3 is 2.50 bits per heavy atom. The fourth-order valence-electron chi connectivity index (χ4n) is 1.01. The molecule has 0 aromatic carbocycles. The molecule has 0 saturated heterocycles. The monoisotopic (exact) mass is 223 g/mol. The highest BCUT2D eigenvalue weighted by atomic mass is 35.5. The highest BCUT2D eigenvalue weighted by molar-refractivity contribution is 6.67. The van der Waals surface area contributed by atoms with E-state index >= 15 is 0 Å².